The predicted molar refractivity (Wildman–Crippen MR) is 115 cm³/mol. The Kier molecular flexibility index (Phi) is 5.99. The molecule has 2 aliphatic rings. The van der Waals surface area contributed by atoms with Crippen molar-refractivity contribution in [3.05, 3.63) is 53.3 Å². The van der Waals surface area contributed by atoms with Crippen LogP contribution in [-0.4, -0.2) is 47.9 Å². The van der Waals surface area contributed by atoms with Gasteiger partial charge in [0.15, 0.2) is 6.10 Å². The number of carbonyl (C=O) groups excluding carboxylic acids is 2. The van der Waals surface area contributed by atoms with Crippen molar-refractivity contribution in [3.63, 3.8) is 0 Å². The van der Waals surface area contributed by atoms with Crippen LogP contribution in [0.3, 0.4) is 0 Å². The second-order valence-corrected chi connectivity index (χ2v) is 7.94. The Morgan fingerprint density at radius 3 is 2.73 bits per heavy atom. The van der Waals surface area contributed by atoms with Crippen LogP contribution in [0, 0.1) is 0 Å². The lowest BCUT2D eigenvalue weighted by molar-refractivity contribution is -0.123. The van der Waals surface area contributed by atoms with Crippen molar-refractivity contribution < 1.29 is 14.3 Å². The molecule has 158 valence electrons. The van der Waals surface area contributed by atoms with E-state index in [9.17, 15) is 9.59 Å². The molecule has 0 radical (unpaired) electrons. The van der Waals surface area contributed by atoms with Gasteiger partial charge in [-0.05, 0) is 67.6 Å². The molecule has 3 heterocycles. The Labute approximate surface area is 176 Å². The first kappa shape index (κ1) is 20.3. The SMILES string of the molecule is CCC1Oc2ccc(CN3CCC(c4ccc(C(=O)NC)nc4)CC3)cc2NC1=O. The van der Waals surface area contributed by atoms with E-state index < -0.39 is 6.10 Å². The zero-order chi connectivity index (χ0) is 21.1. The smallest absolute Gasteiger partial charge is 0.269 e. The molecule has 0 bridgehead atoms. The summed E-state index contributed by atoms with van der Waals surface area (Å²) in [5, 5.41) is 5.56. The third-order valence-electron chi connectivity index (χ3n) is 5.95. The second kappa shape index (κ2) is 8.83. The average molecular weight is 409 g/mol. The lowest BCUT2D eigenvalue weighted by atomic mass is 9.90. The summed E-state index contributed by atoms with van der Waals surface area (Å²) in [5.74, 6) is 0.985. The van der Waals surface area contributed by atoms with Gasteiger partial charge in [0.25, 0.3) is 11.8 Å². The molecule has 0 spiro atoms. The Hall–Kier alpha value is -2.93. The maximum atomic E-state index is 12.1. The summed E-state index contributed by atoms with van der Waals surface area (Å²) in [4.78, 5) is 30.4. The summed E-state index contributed by atoms with van der Waals surface area (Å²) in [5.41, 5.74) is 3.58. The molecule has 1 aromatic heterocycles. The van der Waals surface area contributed by atoms with Crippen molar-refractivity contribution in [2.24, 2.45) is 0 Å². The van der Waals surface area contributed by atoms with Crippen LogP contribution in [0.4, 0.5) is 5.69 Å². The van der Waals surface area contributed by atoms with E-state index in [2.05, 4.69) is 26.6 Å². The number of hydrogen-bond acceptors (Lipinski definition) is 5. The number of nitrogens with zero attached hydrogens (tertiary/aromatic N) is 2. The van der Waals surface area contributed by atoms with Crippen LogP contribution in [0.2, 0.25) is 0 Å². The van der Waals surface area contributed by atoms with Crippen molar-refractivity contribution >= 4 is 17.5 Å². The van der Waals surface area contributed by atoms with Crippen LogP contribution in [0.15, 0.2) is 36.5 Å². The van der Waals surface area contributed by atoms with E-state index in [0.29, 0.717) is 18.0 Å². The monoisotopic (exact) mass is 408 g/mol. The molecule has 2 aromatic rings. The molecule has 1 atom stereocenters. The lowest BCUT2D eigenvalue weighted by Crippen LogP contribution is -2.36. The Balaban J connectivity index is 1.34. The van der Waals surface area contributed by atoms with E-state index in [1.54, 1.807) is 13.1 Å². The van der Waals surface area contributed by atoms with Gasteiger partial charge in [-0.15, -0.1) is 0 Å². The average Bonchev–Trinajstić information content (AvgIpc) is 2.78. The third kappa shape index (κ3) is 4.31. The van der Waals surface area contributed by atoms with Crippen molar-refractivity contribution in [2.45, 2.75) is 44.8 Å². The van der Waals surface area contributed by atoms with Crippen molar-refractivity contribution in [2.75, 3.05) is 25.5 Å². The molecule has 2 amide bonds. The summed E-state index contributed by atoms with van der Waals surface area (Å²) in [6.45, 7) is 4.79. The Morgan fingerprint density at radius 1 is 1.27 bits per heavy atom. The molecule has 1 aromatic carbocycles. The normalized spacial score (nSPS) is 19.5. The highest BCUT2D eigenvalue weighted by Crippen LogP contribution is 2.33. The first-order valence-corrected chi connectivity index (χ1v) is 10.6. The van der Waals surface area contributed by atoms with Gasteiger partial charge in [0, 0.05) is 19.8 Å². The maximum absolute atomic E-state index is 12.1. The van der Waals surface area contributed by atoms with Gasteiger partial charge >= 0.3 is 0 Å². The van der Waals surface area contributed by atoms with E-state index in [4.69, 9.17) is 4.74 Å². The first-order valence-electron chi connectivity index (χ1n) is 10.6. The van der Waals surface area contributed by atoms with Crippen LogP contribution in [0.25, 0.3) is 0 Å². The molecule has 1 unspecified atom stereocenters. The molecule has 7 heteroatoms. The molecule has 1 fully saturated rings. The third-order valence-corrected chi connectivity index (χ3v) is 5.95. The van der Waals surface area contributed by atoms with Gasteiger partial charge in [-0.2, -0.15) is 0 Å². The molecule has 0 saturated carbocycles. The number of pyridine rings is 1. The van der Waals surface area contributed by atoms with Crippen LogP contribution < -0.4 is 15.4 Å². The summed E-state index contributed by atoms with van der Waals surface area (Å²) in [6.07, 6.45) is 4.21. The number of carbonyl (C=O) groups is 2. The Bertz CT molecular complexity index is 921. The van der Waals surface area contributed by atoms with Crippen LogP contribution in [0.1, 0.15) is 53.7 Å². The molecule has 2 aliphatic heterocycles. The van der Waals surface area contributed by atoms with Gasteiger partial charge in [0.2, 0.25) is 0 Å². The standard InChI is InChI=1S/C23H28N4O3/c1-3-20-23(29)26-19-12-15(4-7-21(19)30-20)14-27-10-8-16(9-11-27)17-5-6-18(25-13-17)22(28)24-2/h4-7,12-13,16,20H,3,8-11,14H2,1-2H3,(H,24,28)(H,26,29). The molecule has 4 rings (SSSR count). The van der Waals surface area contributed by atoms with Gasteiger partial charge < -0.3 is 15.4 Å². The highest BCUT2D eigenvalue weighted by atomic mass is 16.5. The van der Waals surface area contributed by atoms with Crippen molar-refractivity contribution in [3.8, 4) is 5.75 Å². The largest absolute Gasteiger partial charge is 0.478 e. The summed E-state index contributed by atoms with van der Waals surface area (Å²) < 4.78 is 5.78. The zero-order valence-corrected chi connectivity index (χ0v) is 17.5. The number of likely N-dealkylation sites (tertiary alicyclic amines) is 1. The highest BCUT2D eigenvalue weighted by Gasteiger charge is 2.26. The van der Waals surface area contributed by atoms with E-state index in [1.807, 2.05) is 31.3 Å². The van der Waals surface area contributed by atoms with E-state index >= 15 is 0 Å². The van der Waals surface area contributed by atoms with E-state index in [-0.39, 0.29) is 11.8 Å². The number of aromatic nitrogens is 1. The fraction of sp³-hybridized carbons (Fsp3) is 0.435. The van der Waals surface area contributed by atoms with Gasteiger partial charge in [0.1, 0.15) is 11.4 Å². The number of nitrogens with one attached hydrogen (secondary N) is 2. The first-order chi connectivity index (χ1) is 14.6. The maximum Gasteiger partial charge on any atom is 0.269 e. The quantitative estimate of drug-likeness (QED) is 0.795. The van der Waals surface area contributed by atoms with Gasteiger partial charge in [0.05, 0.1) is 5.69 Å². The summed E-state index contributed by atoms with van der Waals surface area (Å²) in [6, 6.07) is 9.88. The highest BCUT2D eigenvalue weighted by molar-refractivity contribution is 5.97. The van der Waals surface area contributed by atoms with Crippen LogP contribution in [-0.2, 0) is 11.3 Å². The molecule has 2 N–H and O–H groups in total. The van der Waals surface area contributed by atoms with E-state index in [0.717, 1.165) is 43.9 Å². The van der Waals surface area contributed by atoms with Crippen LogP contribution >= 0.6 is 0 Å². The Morgan fingerprint density at radius 2 is 2.07 bits per heavy atom. The fourth-order valence-corrected chi connectivity index (χ4v) is 4.16. The molecular formula is C23H28N4O3. The number of ether oxygens (including phenoxy) is 1. The number of fused-ring (bicyclic) bond motifs is 1. The molecule has 30 heavy (non-hydrogen) atoms. The van der Waals surface area contributed by atoms with Crippen molar-refractivity contribution in [1.29, 1.82) is 0 Å². The minimum absolute atomic E-state index is 0.0704. The van der Waals surface area contributed by atoms with Gasteiger partial charge in [-0.25, -0.2) is 0 Å². The van der Waals surface area contributed by atoms with Crippen molar-refractivity contribution in [1.82, 2.24) is 15.2 Å². The fourth-order valence-electron chi connectivity index (χ4n) is 4.16. The number of benzene rings is 1. The zero-order valence-electron chi connectivity index (χ0n) is 17.5. The minimum atomic E-state index is -0.401. The molecule has 0 aliphatic carbocycles. The predicted octanol–water partition coefficient (Wildman–Crippen LogP) is 2.93. The molecule has 7 nitrogen and oxygen atoms in total. The number of anilines is 1. The van der Waals surface area contributed by atoms with Gasteiger partial charge in [-0.3, -0.25) is 19.5 Å². The van der Waals surface area contributed by atoms with Gasteiger partial charge in [-0.1, -0.05) is 19.1 Å². The number of hydrogen-bond donors (Lipinski definition) is 2. The summed E-state index contributed by atoms with van der Waals surface area (Å²) in [7, 11) is 1.61. The van der Waals surface area contributed by atoms with Crippen LogP contribution in [0.5, 0.6) is 5.75 Å². The number of amides is 2. The topological polar surface area (TPSA) is 83.6 Å². The summed E-state index contributed by atoms with van der Waals surface area (Å²) >= 11 is 0. The molecular weight excluding hydrogens is 380 g/mol. The molecule has 1 saturated heterocycles. The number of rotatable bonds is 5. The second-order valence-electron chi connectivity index (χ2n) is 7.94. The number of piperidine rings is 1. The lowest BCUT2D eigenvalue weighted by Gasteiger charge is -2.32. The minimum Gasteiger partial charge on any atom is -0.478 e. The van der Waals surface area contributed by atoms with E-state index in [1.165, 1.54) is 11.1 Å².